The summed E-state index contributed by atoms with van der Waals surface area (Å²) < 4.78 is 5.87. The van der Waals surface area contributed by atoms with Crippen LogP contribution in [0.25, 0.3) is 0 Å². The van der Waals surface area contributed by atoms with Crippen LogP contribution in [0.2, 0.25) is 0 Å². The van der Waals surface area contributed by atoms with E-state index in [4.69, 9.17) is 9.73 Å². The van der Waals surface area contributed by atoms with Crippen molar-refractivity contribution in [3.63, 3.8) is 0 Å². The molecule has 3 atom stereocenters. The summed E-state index contributed by atoms with van der Waals surface area (Å²) in [4.78, 5) is 9.66. The van der Waals surface area contributed by atoms with Gasteiger partial charge in [-0.15, -0.1) is 0 Å². The van der Waals surface area contributed by atoms with Gasteiger partial charge in [0.15, 0.2) is 5.96 Å². The molecule has 0 aliphatic carbocycles. The minimum atomic E-state index is 0.210. The number of likely N-dealkylation sites (tertiary alicyclic amines) is 1. The van der Waals surface area contributed by atoms with Crippen molar-refractivity contribution in [3.05, 3.63) is 35.9 Å². The van der Waals surface area contributed by atoms with Crippen molar-refractivity contribution in [2.75, 3.05) is 52.9 Å². The molecule has 26 heavy (non-hydrogen) atoms. The number of nitrogens with one attached hydrogen (secondary N) is 1. The standard InChI is InChI=1S/C21H34N4O/c1-4-22-21(23-14-19-16-24(3)12-13-26-19)25-11-10-20(17(2)15-25)18-8-6-5-7-9-18/h5-9,17,19-20H,4,10-16H2,1-3H3,(H,22,23). The van der Waals surface area contributed by atoms with Crippen molar-refractivity contribution < 1.29 is 4.74 Å². The Morgan fingerprint density at radius 3 is 2.73 bits per heavy atom. The fourth-order valence-electron chi connectivity index (χ4n) is 4.12. The van der Waals surface area contributed by atoms with Gasteiger partial charge in [-0.3, -0.25) is 4.99 Å². The van der Waals surface area contributed by atoms with Crippen LogP contribution in [0, 0.1) is 5.92 Å². The molecule has 2 saturated heterocycles. The van der Waals surface area contributed by atoms with Gasteiger partial charge in [-0.25, -0.2) is 0 Å². The molecule has 1 aromatic carbocycles. The van der Waals surface area contributed by atoms with Gasteiger partial charge in [0.25, 0.3) is 0 Å². The van der Waals surface area contributed by atoms with Crippen LogP contribution in [0.1, 0.15) is 31.7 Å². The second-order valence-corrected chi connectivity index (χ2v) is 7.68. The van der Waals surface area contributed by atoms with Crippen LogP contribution in [-0.4, -0.2) is 74.8 Å². The van der Waals surface area contributed by atoms with E-state index in [9.17, 15) is 0 Å². The Morgan fingerprint density at radius 1 is 1.23 bits per heavy atom. The minimum absolute atomic E-state index is 0.210. The van der Waals surface area contributed by atoms with Crippen LogP contribution < -0.4 is 5.32 Å². The SMILES string of the molecule is CCNC(=NCC1CN(C)CCO1)N1CCC(c2ccccc2)C(C)C1. The third kappa shape index (κ3) is 4.98. The van der Waals surface area contributed by atoms with E-state index in [0.29, 0.717) is 11.8 Å². The molecule has 3 rings (SSSR count). The van der Waals surface area contributed by atoms with Gasteiger partial charge in [0, 0.05) is 32.7 Å². The topological polar surface area (TPSA) is 40.1 Å². The summed E-state index contributed by atoms with van der Waals surface area (Å²) in [6.45, 7) is 11.1. The molecular weight excluding hydrogens is 324 g/mol. The number of hydrogen-bond donors (Lipinski definition) is 1. The summed E-state index contributed by atoms with van der Waals surface area (Å²) in [5, 5.41) is 3.49. The maximum atomic E-state index is 5.87. The predicted molar refractivity (Wildman–Crippen MR) is 108 cm³/mol. The number of aliphatic imine (C=N–C) groups is 1. The Morgan fingerprint density at radius 2 is 2.04 bits per heavy atom. The molecule has 144 valence electrons. The van der Waals surface area contributed by atoms with E-state index in [-0.39, 0.29) is 6.10 Å². The van der Waals surface area contributed by atoms with Crippen LogP contribution in [0.5, 0.6) is 0 Å². The Hall–Kier alpha value is -1.59. The first-order valence-corrected chi connectivity index (χ1v) is 10.1. The monoisotopic (exact) mass is 358 g/mol. The average Bonchev–Trinajstić information content (AvgIpc) is 2.66. The highest BCUT2D eigenvalue weighted by molar-refractivity contribution is 5.80. The van der Waals surface area contributed by atoms with Gasteiger partial charge >= 0.3 is 0 Å². The molecule has 2 aliphatic heterocycles. The normalized spacial score (nSPS) is 28.2. The van der Waals surface area contributed by atoms with Gasteiger partial charge in [0.05, 0.1) is 19.3 Å². The number of benzene rings is 1. The highest BCUT2D eigenvalue weighted by Crippen LogP contribution is 2.32. The van der Waals surface area contributed by atoms with Gasteiger partial charge in [0.2, 0.25) is 0 Å². The minimum Gasteiger partial charge on any atom is -0.374 e. The summed E-state index contributed by atoms with van der Waals surface area (Å²) in [7, 11) is 2.15. The molecule has 1 N–H and O–H groups in total. The van der Waals surface area contributed by atoms with Gasteiger partial charge in [-0.1, -0.05) is 37.3 Å². The van der Waals surface area contributed by atoms with Crippen molar-refractivity contribution in [2.45, 2.75) is 32.3 Å². The number of guanidine groups is 1. The van der Waals surface area contributed by atoms with Gasteiger partial charge in [-0.05, 0) is 37.8 Å². The van der Waals surface area contributed by atoms with Crippen LogP contribution in [0.3, 0.4) is 0 Å². The maximum Gasteiger partial charge on any atom is 0.194 e. The van der Waals surface area contributed by atoms with Crippen LogP contribution >= 0.6 is 0 Å². The fourth-order valence-corrected chi connectivity index (χ4v) is 4.12. The first kappa shape index (κ1) is 19.2. The summed E-state index contributed by atoms with van der Waals surface area (Å²) in [5.41, 5.74) is 1.47. The summed E-state index contributed by atoms with van der Waals surface area (Å²) >= 11 is 0. The summed E-state index contributed by atoms with van der Waals surface area (Å²) in [5.74, 6) is 2.31. The number of hydrogen-bond acceptors (Lipinski definition) is 3. The van der Waals surface area contributed by atoms with Crippen molar-refractivity contribution in [3.8, 4) is 0 Å². The van der Waals surface area contributed by atoms with E-state index in [1.807, 2.05) is 0 Å². The Kier molecular flexibility index (Phi) is 6.92. The molecule has 5 heteroatoms. The number of rotatable bonds is 4. The molecule has 0 radical (unpaired) electrons. The second kappa shape index (κ2) is 9.38. The van der Waals surface area contributed by atoms with Crippen LogP contribution in [0.15, 0.2) is 35.3 Å². The Labute approximate surface area is 158 Å². The maximum absolute atomic E-state index is 5.87. The highest BCUT2D eigenvalue weighted by Gasteiger charge is 2.29. The number of likely N-dealkylation sites (N-methyl/N-ethyl adjacent to an activating group) is 1. The zero-order valence-corrected chi connectivity index (χ0v) is 16.5. The smallest absolute Gasteiger partial charge is 0.194 e. The highest BCUT2D eigenvalue weighted by atomic mass is 16.5. The lowest BCUT2D eigenvalue weighted by molar-refractivity contribution is -0.0137. The molecule has 0 bridgehead atoms. The van der Waals surface area contributed by atoms with Gasteiger partial charge in [-0.2, -0.15) is 0 Å². The third-order valence-electron chi connectivity index (χ3n) is 5.55. The van der Waals surface area contributed by atoms with Gasteiger partial charge in [0.1, 0.15) is 0 Å². The van der Waals surface area contributed by atoms with E-state index < -0.39 is 0 Å². The Balaban J connectivity index is 1.61. The lowest BCUT2D eigenvalue weighted by Gasteiger charge is -2.39. The molecule has 0 amide bonds. The molecule has 5 nitrogen and oxygen atoms in total. The van der Waals surface area contributed by atoms with E-state index in [1.165, 1.54) is 12.0 Å². The zero-order valence-electron chi connectivity index (χ0n) is 16.5. The van der Waals surface area contributed by atoms with Crippen LogP contribution in [-0.2, 0) is 4.74 Å². The van der Waals surface area contributed by atoms with Crippen molar-refractivity contribution >= 4 is 5.96 Å². The third-order valence-corrected chi connectivity index (χ3v) is 5.55. The Bertz CT molecular complexity index is 577. The first-order valence-electron chi connectivity index (χ1n) is 10.1. The number of nitrogens with zero attached hydrogens (tertiary/aromatic N) is 3. The molecule has 2 fully saturated rings. The van der Waals surface area contributed by atoms with E-state index in [1.54, 1.807) is 0 Å². The lowest BCUT2D eigenvalue weighted by atomic mass is 9.82. The average molecular weight is 359 g/mol. The zero-order chi connectivity index (χ0) is 18.4. The van der Waals surface area contributed by atoms with Crippen LogP contribution in [0.4, 0.5) is 0 Å². The van der Waals surface area contributed by atoms with Crippen molar-refractivity contribution in [1.82, 2.24) is 15.1 Å². The first-order chi connectivity index (χ1) is 12.7. The molecule has 3 unspecified atom stereocenters. The number of morpholine rings is 1. The van der Waals surface area contributed by atoms with E-state index in [2.05, 4.69) is 66.3 Å². The molecule has 2 heterocycles. The van der Waals surface area contributed by atoms with Crippen molar-refractivity contribution in [1.29, 1.82) is 0 Å². The van der Waals surface area contributed by atoms with Crippen molar-refractivity contribution in [2.24, 2.45) is 10.9 Å². The molecule has 1 aromatic rings. The number of piperidine rings is 1. The molecule has 0 spiro atoms. The largest absolute Gasteiger partial charge is 0.374 e. The molecular formula is C21H34N4O. The molecule has 0 aromatic heterocycles. The van der Waals surface area contributed by atoms with E-state index in [0.717, 1.165) is 51.8 Å². The summed E-state index contributed by atoms with van der Waals surface area (Å²) in [6.07, 6.45) is 1.39. The quantitative estimate of drug-likeness (QED) is 0.663. The molecule has 2 aliphatic rings. The summed E-state index contributed by atoms with van der Waals surface area (Å²) in [6, 6.07) is 11.0. The second-order valence-electron chi connectivity index (χ2n) is 7.68. The lowest BCUT2D eigenvalue weighted by Crippen LogP contribution is -2.48. The number of ether oxygens (including phenoxy) is 1. The van der Waals surface area contributed by atoms with Gasteiger partial charge < -0.3 is 19.9 Å². The van der Waals surface area contributed by atoms with E-state index >= 15 is 0 Å². The molecule has 0 saturated carbocycles. The fraction of sp³-hybridized carbons (Fsp3) is 0.667. The predicted octanol–water partition coefficient (Wildman–Crippen LogP) is 2.41.